The van der Waals surface area contributed by atoms with Crippen LogP contribution in [0.25, 0.3) is 0 Å². The molecule has 2 N–H and O–H groups in total. The zero-order valence-corrected chi connectivity index (χ0v) is 11.7. The van der Waals surface area contributed by atoms with Gasteiger partial charge in [0.2, 0.25) is 0 Å². The van der Waals surface area contributed by atoms with Crippen LogP contribution in [0.15, 0.2) is 47.6 Å². The number of hydrogen-bond donors (Lipinski definition) is 1. The summed E-state index contributed by atoms with van der Waals surface area (Å²) in [4.78, 5) is 4.33. The summed E-state index contributed by atoms with van der Waals surface area (Å²) in [6.07, 6.45) is 1.80. The van der Waals surface area contributed by atoms with E-state index in [2.05, 4.69) is 4.98 Å². The maximum Gasteiger partial charge on any atom is 0.0966 e. The first-order valence-electron chi connectivity index (χ1n) is 5.74. The molecule has 0 amide bonds. The summed E-state index contributed by atoms with van der Waals surface area (Å²) in [6, 6.07) is 11.9. The SMILES string of the molecule is CC(N)c1ccnc(SCc2ccccc2Cl)c1. The van der Waals surface area contributed by atoms with E-state index in [1.165, 1.54) is 0 Å². The number of nitrogens with zero attached hydrogens (tertiary/aromatic N) is 1. The van der Waals surface area contributed by atoms with E-state index in [1.807, 2.05) is 43.3 Å². The zero-order valence-electron chi connectivity index (χ0n) is 10.1. The lowest BCUT2D eigenvalue weighted by Crippen LogP contribution is -2.05. The highest BCUT2D eigenvalue weighted by molar-refractivity contribution is 7.98. The molecule has 1 aromatic heterocycles. The van der Waals surface area contributed by atoms with Crippen molar-refractivity contribution in [1.82, 2.24) is 4.98 Å². The zero-order chi connectivity index (χ0) is 13.0. The van der Waals surface area contributed by atoms with Gasteiger partial charge in [0, 0.05) is 23.0 Å². The molecule has 1 atom stereocenters. The van der Waals surface area contributed by atoms with Gasteiger partial charge in [0.05, 0.1) is 5.03 Å². The van der Waals surface area contributed by atoms with Crippen LogP contribution in [0.1, 0.15) is 24.1 Å². The molecular formula is C14H15ClN2S. The molecule has 1 aromatic carbocycles. The van der Waals surface area contributed by atoms with Crippen LogP contribution in [0.2, 0.25) is 5.02 Å². The highest BCUT2D eigenvalue weighted by atomic mass is 35.5. The van der Waals surface area contributed by atoms with Crippen molar-refractivity contribution < 1.29 is 0 Å². The van der Waals surface area contributed by atoms with Crippen LogP contribution >= 0.6 is 23.4 Å². The Morgan fingerprint density at radius 1 is 1.33 bits per heavy atom. The van der Waals surface area contributed by atoms with E-state index in [0.29, 0.717) is 0 Å². The Kier molecular flexibility index (Phi) is 4.64. The minimum atomic E-state index is 0.0349. The predicted molar refractivity (Wildman–Crippen MR) is 77.9 cm³/mol. The molecular weight excluding hydrogens is 264 g/mol. The fourth-order valence-electron chi connectivity index (χ4n) is 1.55. The van der Waals surface area contributed by atoms with Gasteiger partial charge in [0.1, 0.15) is 0 Å². The number of nitrogens with two attached hydrogens (primary N) is 1. The third-order valence-electron chi connectivity index (χ3n) is 2.62. The standard InChI is InChI=1S/C14H15ClN2S/c1-10(16)11-6-7-17-14(8-11)18-9-12-4-2-3-5-13(12)15/h2-8,10H,9,16H2,1H3. The van der Waals surface area contributed by atoms with E-state index in [-0.39, 0.29) is 6.04 Å². The number of thioether (sulfide) groups is 1. The van der Waals surface area contributed by atoms with Crippen LogP contribution in [0.5, 0.6) is 0 Å². The molecule has 2 nitrogen and oxygen atoms in total. The van der Waals surface area contributed by atoms with Crippen molar-refractivity contribution in [2.24, 2.45) is 5.73 Å². The number of benzene rings is 1. The van der Waals surface area contributed by atoms with Crippen LogP contribution in [-0.2, 0) is 5.75 Å². The Morgan fingerprint density at radius 2 is 2.11 bits per heavy atom. The summed E-state index contributed by atoms with van der Waals surface area (Å²) in [7, 11) is 0. The first-order chi connectivity index (χ1) is 8.66. The first kappa shape index (κ1) is 13.4. The summed E-state index contributed by atoms with van der Waals surface area (Å²) < 4.78 is 0. The van der Waals surface area contributed by atoms with Crippen molar-refractivity contribution in [2.45, 2.75) is 23.7 Å². The summed E-state index contributed by atoms with van der Waals surface area (Å²) >= 11 is 7.79. The van der Waals surface area contributed by atoms with Crippen molar-refractivity contribution in [3.8, 4) is 0 Å². The largest absolute Gasteiger partial charge is 0.324 e. The van der Waals surface area contributed by atoms with Gasteiger partial charge in [-0.3, -0.25) is 0 Å². The summed E-state index contributed by atoms with van der Waals surface area (Å²) in [6.45, 7) is 1.97. The smallest absolute Gasteiger partial charge is 0.0966 e. The Hall–Kier alpha value is -1.03. The lowest BCUT2D eigenvalue weighted by atomic mass is 10.1. The fraction of sp³-hybridized carbons (Fsp3) is 0.214. The van der Waals surface area contributed by atoms with Gasteiger partial charge in [0.25, 0.3) is 0 Å². The molecule has 0 aliphatic carbocycles. The van der Waals surface area contributed by atoms with Gasteiger partial charge < -0.3 is 5.73 Å². The molecule has 0 radical (unpaired) electrons. The number of hydrogen-bond acceptors (Lipinski definition) is 3. The number of aromatic nitrogens is 1. The molecule has 2 rings (SSSR count). The van der Waals surface area contributed by atoms with Gasteiger partial charge in [-0.2, -0.15) is 0 Å². The average Bonchev–Trinajstić information content (AvgIpc) is 2.38. The lowest BCUT2D eigenvalue weighted by Gasteiger charge is -2.07. The minimum absolute atomic E-state index is 0.0349. The molecule has 1 unspecified atom stereocenters. The number of halogens is 1. The van der Waals surface area contributed by atoms with E-state index < -0.39 is 0 Å². The molecule has 0 saturated carbocycles. The molecule has 1 heterocycles. The lowest BCUT2D eigenvalue weighted by molar-refractivity contribution is 0.808. The summed E-state index contributed by atoms with van der Waals surface area (Å²) in [5.74, 6) is 0.815. The Balaban J connectivity index is 2.07. The Labute approximate surface area is 117 Å². The van der Waals surface area contributed by atoms with Crippen LogP contribution in [-0.4, -0.2) is 4.98 Å². The normalized spacial score (nSPS) is 12.4. The highest BCUT2D eigenvalue weighted by Crippen LogP contribution is 2.26. The maximum absolute atomic E-state index is 6.12. The second-order valence-corrected chi connectivity index (χ2v) is 5.50. The Morgan fingerprint density at radius 3 is 2.83 bits per heavy atom. The first-order valence-corrected chi connectivity index (χ1v) is 7.11. The second kappa shape index (κ2) is 6.23. The van der Waals surface area contributed by atoms with Gasteiger partial charge in [0.15, 0.2) is 0 Å². The molecule has 0 aliphatic rings. The van der Waals surface area contributed by atoms with E-state index in [1.54, 1.807) is 18.0 Å². The summed E-state index contributed by atoms with van der Waals surface area (Å²) in [5.41, 5.74) is 8.08. The number of rotatable bonds is 4. The topological polar surface area (TPSA) is 38.9 Å². The molecule has 4 heteroatoms. The molecule has 0 aliphatic heterocycles. The van der Waals surface area contributed by atoms with Gasteiger partial charge in [-0.25, -0.2) is 4.98 Å². The molecule has 0 spiro atoms. The third kappa shape index (κ3) is 3.48. The van der Waals surface area contributed by atoms with Crippen molar-refractivity contribution in [2.75, 3.05) is 0 Å². The molecule has 18 heavy (non-hydrogen) atoms. The molecule has 0 saturated heterocycles. The van der Waals surface area contributed by atoms with Crippen LogP contribution < -0.4 is 5.73 Å². The van der Waals surface area contributed by atoms with Crippen LogP contribution in [0, 0.1) is 0 Å². The van der Waals surface area contributed by atoms with Crippen molar-refractivity contribution >= 4 is 23.4 Å². The minimum Gasteiger partial charge on any atom is -0.324 e. The fourth-order valence-corrected chi connectivity index (χ4v) is 2.75. The van der Waals surface area contributed by atoms with Crippen LogP contribution in [0.3, 0.4) is 0 Å². The monoisotopic (exact) mass is 278 g/mol. The number of pyridine rings is 1. The Bertz CT molecular complexity index is 529. The molecule has 94 valence electrons. The van der Waals surface area contributed by atoms with Crippen LogP contribution in [0.4, 0.5) is 0 Å². The van der Waals surface area contributed by atoms with Gasteiger partial charge in [-0.05, 0) is 36.2 Å². The van der Waals surface area contributed by atoms with Gasteiger partial charge >= 0.3 is 0 Å². The average molecular weight is 279 g/mol. The quantitative estimate of drug-likeness (QED) is 0.858. The van der Waals surface area contributed by atoms with Crippen molar-refractivity contribution in [3.63, 3.8) is 0 Å². The van der Waals surface area contributed by atoms with E-state index >= 15 is 0 Å². The van der Waals surface area contributed by atoms with Gasteiger partial charge in [-0.15, -0.1) is 11.8 Å². The van der Waals surface area contributed by atoms with Crippen molar-refractivity contribution in [1.29, 1.82) is 0 Å². The third-order valence-corrected chi connectivity index (χ3v) is 3.96. The molecule has 0 bridgehead atoms. The van der Waals surface area contributed by atoms with Gasteiger partial charge in [-0.1, -0.05) is 29.8 Å². The van der Waals surface area contributed by atoms with E-state index in [9.17, 15) is 0 Å². The van der Waals surface area contributed by atoms with E-state index in [0.717, 1.165) is 26.9 Å². The van der Waals surface area contributed by atoms with E-state index in [4.69, 9.17) is 17.3 Å². The summed E-state index contributed by atoms with van der Waals surface area (Å²) in [5, 5.41) is 1.78. The molecule has 2 aromatic rings. The highest BCUT2D eigenvalue weighted by Gasteiger charge is 2.04. The predicted octanol–water partition coefficient (Wildman–Crippen LogP) is 4.05. The molecule has 0 fully saturated rings. The van der Waals surface area contributed by atoms with Crippen molar-refractivity contribution in [3.05, 3.63) is 58.7 Å². The second-order valence-electron chi connectivity index (χ2n) is 4.10. The maximum atomic E-state index is 6.12.